The summed E-state index contributed by atoms with van der Waals surface area (Å²) >= 11 is 3.02. The van der Waals surface area contributed by atoms with Crippen LogP contribution in [-0.4, -0.2) is 27.8 Å². The number of halogens is 1. The highest BCUT2D eigenvalue weighted by Gasteiger charge is 2.15. The van der Waals surface area contributed by atoms with Crippen LogP contribution in [0.4, 0.5) is 0 Å². The van der Waals surface area contributed by atoms with Crippen LogP contribution in [0.2, 0.25) is 0 Å². The normalized spacial score (nSPS) is 18.9. The van der Waals surface area contributed by atoms with Crippen molar-refractivity contribution in [2.24, 2.45) is 0 Å². The van der Waals surface area contributed by atoms with E-state index in [-0.39, 0.29) is 6.61 Å². The molecule has 0 aromatic heterocycles. The minimum absolute atomic E-state index is 0.196. The molecule has 0 aromatic carbocycles. The molecule has 0 aliphatic heterocycles. The summed E-state index contributed by atoms with van der Waals surface area (Å²) in [5, 5.41) is 17.6. The Morgan fingerprint density at radius 3 is 2.14 bits per heavy atom. The van der Waals surface area contributed by atoms with Crippen LogP contribution in [0, 0.1) is 0 Å². The van der Waals surface area contributed by atoms with Gasteiger partial charge in [0.2, 0.25) is 0 Å². The number of hydrogen-bond acceptors (Lipinski definition) is 2. The first-order chi connectivity index (χ1) is 3.12. The van der Waals surface area contributed by atoms with E-state index < -0.39 is 5.60 Å². The van der Waals surface area contributed by atoms with E-state index in [2.05, 4.69) is 15.9 Å². The molecule has 1 unspecified atom stereocenters. The Hall–Kier alpha value is 0.400. The zero-order chi connectivity index (χ0) is 5.91. The molecule has 3 heteroatoms. The predicted octanol–water partition coefficient (Wildman–Crippen LogP) is 0.125. The Labute approximate surface area is 51.3 Å². The van der Waals surface area contributed by atoms with Crippen molar-refractivity contribution in [2.75, 3.05) is 11.9 Å². The lowest BCUT2D eigenvalue weighted by Crippen LogP contribution is -2.30. The second kappa shape index (κ2) is 2.64. The van der Waals surface area contributed by atoms with Crippen molar-refractivity contribution in [1.82, 2.24) is 0 Å². The number of aliphatic hydroxyl groups is 2. The Balaban J connectivity index is 3.36. The first-order valence-electron chi connectivity index (χ1n) is 2.01. The third-order valence-corrected chi connectivity index (χ3v) is 1.84. The number of aliphatic hydroxyl groups excluding tert-OH is 1. The molecule has 0 aliphatic carbocycles. The molecule has 7 heavy (non-hydrogen) atoms. The van der Waals surface area contributed by atoms with Gasteiger partial charge >= 0.3 is 0 Å². The number of hydrogen-bond donors (Lipinski definition) is 2. The van der Waals surface area contributed by atoms with E-state index in [9.17, 15) is 0 Å². The van der Waals surface area contributed by atoms with E-state index in [1.165, 1.54) is 0 Å². The highest BCUT2D eigenvalue weighted by Crippen LogP contribution is 2.03. The first kappa shape index (κ1) is 7.40. The summed E-state index contributed by atoms with van der Waals surface area (Å²) in [6.45, 7) is 1.36. The predicted molar refractivity (Wildman–Crippen MR) is 31.5 cm³/mol. The molecule has 0 aliphatic rings. The summed E-state index contributed by atoms with van der Waals surface area (Å²) in [7, 11) is 0. The van der Waals surface area contributed by atoms with Crippen LogP contribution in [0.1, 0.15) is 6.92 Å². The molecule has 0 aromatic rings. The third-order valence-electron chi connectivity index (χ3n) is 0.629. The summed E-state index contributed by atoms with van der Waals surface area (Å²) in [5.74, 6) is 0. The van der Waals surface area contributed by atoms with Gasteiger partial charge in [0.15, 0.2) is 0 Å². The van der Waals surface area contributed by atoms with Gasteiger partial charge in [-0.3, -0.25) is 0 Å². The van der Waals surface area contributed by atoms with Gasteiger partial charge in [0.25, 0.3) is 0 Å². The molecular formula is C4H9BrO2. The van der Waals surface area contributed by atoms with Crippen LogP contribution < -0.4 is 0 Å². The molecule has 0 radical (unpaired) electrons. The zero-order valence-electron chi connectivity index (χ0n) is 4.19. The van der Waals surface area contributed by atoms with Crippen molar-refractivity contribution in [3.63, 3.8) is 0 Å². The van der Waals surface area contributed by atoms with Crippen LogP contribution in [0.25, 0.3) is 0 Å². The van der Waals surface area contributed by atoms with Crippen molar-refractivity contribution < 1.29 is 10.2 Å². The maximum Gasteiger partial charge on any atom is 0.0945 e. The molecule has 0 saturated heterocycles. The van der Waals surface area contributed by atoms with E-state index in [1.54, 1.807) is 6.92 Å². The van der Waals surface area contributed by atoms with Crippen LogP contribution >= 0.6 is 15.9 Å². The molecule has 0 fully saturated rings. The SMILES string of the molecule is CC(O)(CO)CBr. The van der Waals surface area contributed by atoms with E-state index in [1.807, 2.05) is 0 Å². The van der Waals surface area contributed by atoms with Gasteiger partial charge < -0.3 is 10.2 Å². The maximum absolute atomic E-state index is 8.84. The van der Waals surface area contributed by atoms with Crippen LogP contribution in [0.5, 0.6) is 0 Å². The fraction of sp³-hybridized carbons (Fsp3) is 1.00. The van der Waals surface area contributed by atoms with Gasteiger partial charge in [-0.1, -0.05) is 15.9 Å². The Bertz CT molecular complexity index is 47.7. The Morgan fingerprint density at radius 1 is 1.71 bits per heavy atom. The summed E-state index contributed by atoms with van der Waals surface area (Å²) < 4.78 is 0. The lowest BCUT2D eigenvalue weighted by molar-refractivity contribution is 0.0235. The fourth-order valence-corrected chi connectivity index (χ4v) is 0.220. The van der Waals surface area contributed by atoms with E-state index in [0.717, 1.165) is 0 Å². The Morgan fingerprint density at radius 2 is 2.14 bits per heavy atom. The third kappa shape index (κ3) is 3.02. The minimum Gasteiger partial charge on any atom is -0.393 e. The highest BCUT2D eigenvalue weighted by atomic mass is 79.9. The summed E-state index contributed by atoms with van der Waals surface area (Å²) in [6.07, 6.45) is 0. The van der Waals surface area contributed by atoms with Crippen molar-refractivity contribution >= 4 is 15.9 Å². The van der Waals surface area contributed by atoms with Crippen LogP contribution in [0.3, 0.4) is 0 Å². The van der Waals surface area contributed by atoms with Gasteiger partial charge in [-0.15, -0.1) is 0 Å². The van der Waals surface area contributed by atoms with Crippen molar-refractivity contribution in [2.45, 2.75) is 12.5 Å². The average Bonchev–Trinajstić information content (AvgIpc) is 1.68. The average molecular weight is 169 g/mol. The summed E-state index contributed by atoms with van der Waals surface area (Å²) in [6, 6.07) is 0. The maximum atomic E-state index is 8.84. The minimum atomic E-state index is -0.944. The van der Waals surface area contributed by atoms with Gasteiger partial charge in [-0.05, 0) is 6.92 Å². The van der Waals surface area contributed by atoms with E-state index >= 15 is 0 Å². The smallest absolute Gasteiger partial charge is 0.0945 e. The molecule has 0 rings (SSSR count). The van der Waals surface area contributed by atoms with Gasteiger partial charge in [-0.2, -0.15) is 0 Å². The van der Waals surface area contributed by atoms with Gasteiger partial charge in [0.05, 0.1) is 12.2 Å². The van der Waals surface area contributed by atoms with Gasteiger partial charge in [0, 0.05) is 5.33 Å². The van der Waals surface area contributed by atoms with Crippen molar-refractivity contribution in [3.05, 3.63) is 0 Å². The first-order valence-corrected chi connectivity index (χ1v) is 3.14. The molecular weight excluding hydrogens is 160 g/mol. The molecule has 2 nitrogen and oxygen atoms in total. The van der Waals surface area contributed by atoms with Crippen molar-refractivity contribution in [1.29, 1.82) is 0 Å². The largest absolute Gasteiger partial charge is 0.393 e. The van der Waals surface area contributed by atoms with Crippen molar-refractivity contribution in [3.8, 4) is 0 Å². The topological polar surface area (TPSA) is 40.5 Å². The second-order valence-electron chi connectivity index (χ2n) is 1.79. The lowest BCUT2D eigenvalue weighted by atomic mass is 10.2. The van der Waals surface area contributed by atoms with Gasteiger partial charge in [-0.25, -0.2) is 0 Å². The number of rotatable bonds is 2. The zero-order valence-corrected chi connectivity index (χ0v) is 5.77. The molecule has 0 saturated carbocycles. The van der Waals surface area contributed by atoms with Crippen LogP contribution in [0.15, 0.2) is 0 Å². The molecule has 44 valence electrons. The van der Waals surface area contributed by atoms with E-state index in [0.29, 0.717) is 5.33 Å². The summed E-state index contributed by atoms with van der Waals surface area (Å²) in [5.41, 5.74) is -0.944. The van der Waals surface area contributed by atoms with Gasteiger partial charge in [0.1, 0.15) is 0 Å². The lowest BCUT2D eigenvalue weighted by Gasteiger charge is -2.14. The second-order valence-corrected chi connectivity index (χ2v) is 2.35. The summed E-state index contributed by atoms with van der Waals surface area (Å²) in [4.78, 5) is 0. The highest BCUT2D eigenvalue weighted by molar-refractivity contribution is 9.09. The fourth-order valence-electron chi connectivity index (χ4n) is 0.0423. The molecule has 0 heterocycles. The van der Waals surface area contributed by atoms with E-state index in [4.69, 9.17) is 10.2 Å². The quantitative estimate of drug-likeness (QED) is 0.576. The molecule has 0 bridgehead atoms. The standard InChI is InChI=1S/C4H9BrO2/c1-4(7,2-5)3-6/h6-7H,2-3H2,1H3. The monoisotopic (exact) mass is 168 g/mol. The molecule has 2 N–H and O–H groups in total. The molecule has 1 atom stereocenters. The van der Waals surface area contributed by atoms with Crippen LogP contribution in [-0.2, 0) is 0 Å². The molecule has 0 amide bonds. The molecule has 0 spiro atoms. The Kier molecular flexibility index (Phi) is 2.80. The number of alkyl halides is 1.